The Balaban J connectivity index is 2.31. The molecule has 0 aliphatic heterocycles. The topological polar surface area (TPSA) is 119 Å². The molecule has 1 aromatic carbocycles. The average Bonchev–Trinajstić information content (AvgIpc) is 2.61. The molecule has 2 N–H and O–H groups in total. The maximum atomic E-state index is 11.5. The zero-order chi connectivity index (χ0) is 18.4. The normalized spacial score (nSPS) is 11.5. The van der Waals surface area contributed by atoms with E-state index in [1.54, 1.807) is 24.3 Å². The van der Waals surface area contributed by atoms with Crippen molar-refractivity contribution in [2.75, 3.05) is 17.7 Å². The van der Waals surface area contributed by atoms with E-state index < -0.39 is 10.9 Å². The predicted octanol–water partition coefficient (Wildman–Crippen LogP) is 3.13. The fourth-order valence-corrected chi connectivity index (χ4v) is 2.03. The molecular formula is C16H19N5O4. The van der Waals surface area contributed by atoms with Gasteiger partial charge < -0.3 is 15.4 Å². The number of nitrogens with one attached hydrogen (secondary N) is 2. The standard InChI is InChI=1S/C16H19N5O4/c1-4-10(2)19-14-13(21(23)24)15(18-9-17-14)20-12-7-5-11(6-8-12)16(22)25-3/h5-10H,4H2,1-3H3,(H2,17,18,19,20). The van der Waals surface area contributed by atoms with E-state index >= 15 is 0 Å². The molecule has 0 aliphatic rings. The molecule has 0 amide bonds. The van der Waals surface area contributed by atoms with Gasteiger partial charge in [-0.3, -0.25) is 10.1 Å². The van der Waals surface area contributed by atoms with Crippen LogP contribution in [0.15, 0.2) is 30.6 Å². The lowest BCUT2D eigenvalue weighted by molar-refractivity contribution is -0.383. The molecule has 1 atom stereocenters. The van der Waals surface area contributed by atoms with Crippen LogP contribution < -0.4 is 10.6 Å². The minimum absolute atomic E-state index is 0.0285. The summed E-state index contributed by atoms with van der Waals surface area (Å²) in [5.74, 6) is -0.237. The van der Waals surface area contributed by atoms with Crippen molar-refractivity contribution in [2.24, 2.45) is 0 Å². The van der Waals surface area contributed by atoms with E-state index in [0.717, 1.165) is 6.42 Å². The van der Waals surface area contributed by atoms with Gasteiger partial charge in [0.25, 0.3) is 0 Å². The summed E-state index contributed by atoms with van der Waals surface area (Å²) in [7, 11) is 1.30. The molecule has 25 heavy (non-hydrogen) atoms. The first-order valence-electron chi connectivity index (χ1n) is 7.67. The maximum absolute atomic E-state index is 11.5. The number of ether oxygens (including phenoxy) is 1. The Morgan fingerprint density at radius 3 is 2.48 bits per heavy atom. The summed E-state index contributed by atoms with van der Waals surface area (Å²) >= 11 is 0. The Bertz CT molecular complexity index is 764. The zero-order valence-electron chi connectivity index (χ0n) is 14.1. The molecule has 2 aromatic rings. The lowest BCUT2D eigenvalue weighted by Gasteiger charge is -2.13. The van der Waals surface area contributed by atoms with Gasteiger partial charge in [0, 0.05) is 11.7 Å². The van der Waals surface area contributed by atoms with E-state index in [1.165, 1.54) is 13.4 Å². The Morgan fingerprint density at radius 2 is 1.92 bits per heavy atom. The highest BCUT2D eigenvalue weighted by atomic mass is 16.6. The second kappa shape index (κ2) is 8.04. The van der Waals surface area contributed by atoms with Crippen LogP contribution in [0, 0.1) is 10.1 Å². The molecule has 1 aromatic heterocycles. The minimum atomic E-state index is -0.532. The van der Waals surface area contributed by atoms with Crippen molar-refractivity contribution in [3.63, 3.8) is 0 Å². The van der Waals surface area contributed by atoms with Crippen LogP contribution in [0.25, 0.3) is 0 Å². The molecule has 9 nitrogen and oxygen atoms in total. The van der Waals surface area contributed by atoms with Gasteiger partial charge in [0.2, 0.25) is 11.6 Å². The molecule has 1 heterocycles. The maximum Gasteiger partial charge on any atom is 0.353 e. The number of hydrogen-bond donors (Lipinski definition) is 2. The van der Waals surface area contributed by atoms with Gasteiger partial charge >= 0.3 is 11.7 Å². The first-order valence-corrected chi connectivity index (χ1v) is 7.67. The van der Waals surface area contributed by atoms with E-state index in [9.17, 15) is 14.9 Å². The summed E-state index contributed by atoms with van der Waals surface area (Å²) in [4.78, 5) is 30.3. The summed E-state index contributed by atoms with van der Waals surface area (Å²) in [6.07, 6.45) is 2.04. The highest BCUT2D eigenvalue weighted by molar-refractivity contribution is 5.89. The van der Waals surface area contributed by atoms with Crippen molar-refractivity contribution < 1.29 is 14.5 Å². The second-order valence-corrected chi connectivity index (χ2v) is 5.32. The van der Waals surface area contributed by atoms with Gasteiger partial charge in [0.1, 0.15) is 6.33 Å². The van der Waals surface area contributed by atoms with Gasteiger partial charge in [0.15, 0.2) is 0 Å². The van der Waals surface area contributed by atoms with E-state index in [-0.39, 0.29) is 23.4 Å². The number of carbonyl (C=O) groups excluding carboxylic acids is 1. The molecule has 2 rings (SSSR count). The number of nitrogens with zero attached hydrogens (tertiary/aromatic N) is 3. The molecule has 0 aliphatic carbocycles. The molecule has 132 valence electrons. The largest absolute Gasteiger partial charge is 0.465 e. The molecule has 0 bridgehead atoms. The quantitative estimate of drug-likeness (QED) is 0.446. The van der Waals surface area contributed by atoms with Crippen LogP contribution in [0.5, 0.6) is 0 Å². The number of methoxy groups -OCH3 is 1. The fourth-order valence-electron chi connectivity index (χ4n) is 2.03. The third-order valence-corrected chi connectivity index (χ3v) is 3.57. The SMILES string of the molecule is CCC(C)Nc1ncnc(Nc2ccc(C(=O)OC)cc2)c1[N+](=O)[O-]. The Kier molecular flexibility index (Phi) is 5.83. The molecule has 1 unspecified atom stereocenters. The van der Waals surface area contributed by atoms with Gasteiger partial charge in [-0.1, -0.05) is 6.92 Å². The van der Waals surface area contributed by atoms with E-state index in [1.807, 2.05) is 13.8 Å². The molecule has 0 fully saturated rings. The van der Waals surface area contributed by atoms with Crippen LogP contribution in [0.3, 0.4) is 0 Å². The number of aromatic nitrogens is 2. The molecule has 0 saturated carbocycles. The van der Waals surface area contributed by atoms with E-state index in [0.29, 0.717) is 11.3 Å². The van der Waals surface area contributed by atoms with Crippen molar-refractivity contribution in [3.8, 4) is 0 Å². The van der Waals surface area contributed by atoms with Crippen LogP contribution in [0.4, 0.5) is 23.0 Å². The highest BCUT2D eigenvalue weighted by Gasteiger charge is 2.24. The molecule has 0 radical (unpaired) electrons. The van der Waals surface area contributed by atoms with Gasteiger partial charge in [-0.15, -0.1) is 0 Å². The molecule has 0 saturated heterocycles. The number of nitro groups is 1. The van der Waals surface area contributed by atoms with Crippen LogP contribution >= 0.6 is 0 Å². The fraction of sp³-hybridized carbons (Fsp3) is 0.312. The highest BCUT2D eigenvalue weighted by Crippen LogP contribution is 2.31. The summed E-state index contributed by atoms with van der Waals surface area (Å²) in [6, 6.07) is 6.36. The van der Waals surface area contributed by atoms with Crippen molar-refractivity contribution in [1.82, 2.24) is 9.97 Å². The Morgan fingerprint density at radius 1 is 1.28 bits per heavy atom. The van der Waals surface area contributed by atoms with Gasteiger partial charge in [0.05, 0.1) is 17.6 Å². The van der Waals surface area contributed by atoms with Crippen molar-refractivity contribution in [3.05, 3.63) is 46.3 Å². The zero-order valence-corrected chi connectivity index (χ0v) is 14.1. The number of rotatable bonds is 7. The Labute approximate surface area is 144 Å². The lowest BCUT2D eigenvalue weighted by atomic mass is 10.2. The van der Waals surface area contributed by atoms with Crippen LogP contribution in [0.1, 0.15) is 30.6 Å². The minimum Gasteiger partial charge on any atom is -0.465 e. The smallest absolute Gasteiger partial charge is 0.353 e. The van der Waals surface area contributed by atoms with Crippen molar-refractivity contribution in [2.45, 2.75) is 26.3 Å². The van der Waals surface area contributed by atoms with Crippen LogP contribution in [0.2, 0.25) is 0 Å². The predicted molar refractivity (Wildman–Crippen MR) is 93.1 cm³/mol. The van der Waals surface area contributed by atoms with Crippen molar-refractivity contribution >= 4 is 29.0 Å². The van der Waals surface area contributed by atoms with Gasteiger partial charge in [-0.05, 0) is 37.6 Å². The summed E-state index contributed by atoms with van der Waals surface area (Å²) < 4.78 is 4.63. The molecule has 0 spiro atoms. The summed E-state index contributed by atoms with van der Waals surface area (Å²) in [6.45, 7) is 3.87. The Hall–Kier alpha value is -3.23. The second-order valence-electron chi connectivity index (χ2n) is 5.32. The molecule has 9 heteroatoms. The van der Waals surface area contributed by atoms with Gasteiger partial charge in [-0.25, -0.2) is 14.8 Å². The van der Waals surface area contributed by atoms with Crippen LogP contribution in [-0.2, 0) is 4.74 Å². The number of benzene rings is 1. The first kappa shape index (κ1) is 18.1. The lowest BCUT2D eigenvalue weighted by Crippen LogP contribution is -2.16. The van der Waals surface area contributed by atoms with Crippen LogP contribution in [-0.4, -0.2) is 34.0 Å². The number of anilines is 3. The third kappa shape index (κ3) is 4.40. The monoisotopic (exact) mass is 345 g/mol. The first-order chi connectivity index (χ1) is 12.0. The third-order valence-electron chi connectivity index (χ3n) is 3.57. The average molecular weight is 345 g/mol. The van der Waals surface area contributed by atoms with Crippen molar-refractivity contribution in [1.29, 1.82) is 0 Å². The molecular weight excluding hydrogens is 326 g/mol. The summed E-state index contributed by atoms with van der Waals surface area (Å²) in [5, 5.41) is 17.4. The van der Waals surface area contributed by atoms with E-state index in [4.69, 9.17) is 0 Å². The number of hydrogen-bond acceptors (Lipinski definition) is 8. The number of esters is 1. The van der Waals surface area contributed by atoms with Gasteiger partial charge in [-0.2, -0.15) is 0 Å². The van der Waals surface area contributed by atoms with E-state index in [2.05, 4.69) is 25.3 Å². The number of carbonyl (C=O) groups is 1. The summed E-state index contributed by atoms with van der Waals surface area (Å²) in [5.41, 5.74) is 0.688.